The number of furan rings is 1. The first-order valence-electron chi connectivity index (χ1n) is 10.4. The Balaban J connectivity index is 1.55. The monoisotopic (exact) mass is 498 g/mol. The van der Waals surface area contributed by atoms with Crippen LogP contribution in [0.25, 0.3) is 11.4 Å². The van der Waals surface area contributed by atoms with Gasteiger partial charge in [-0.1, -0.05) is 23.4 Å². The highest BCUT2D eigenvalue weighted by Crippen LogP contribution is 2.36. The number of hydrogen-bond acceptors (Lipinski definition) is 5. The van der Waals surface area contributed by atoms with Crippen molar-refractivity contribution < 1.29 is 22.4 Å². The lowest BCUT2D eigenvalue weighted by molar-refractivity contribution is -0.164. The van der Waals surface area contributed by atoms with Crippen LogP contribution in [0.5, 0.6) is 0 Å². The lowest BCUT2D eigenvalue weighted by atomic mass is 10.2. The molecule has 0 N–H and O–H groups in total. The van der Waals surface area contributed by atoms with E-state index in [1.165, 1.54) is 0 Å². The number of halogens is 4. The van der Waals surface area contributed by atoms with Crippen molar-refractivity contribution in [3.05, 3.63) is 53.4 Å². The summed E-state index contributed by atoms with van der Waals surface area (Å²) in [5.74, 6) is 0.567. The normalized spacial score (nSPS) is 14.9. The van der Waals surface area contributed by atoms with Gasteiger partial charge in [-0.25, -0.2) is 0 Å². The van der Waals surface area contributed by atoms with Gasteiger partial charge in [0, 0.05) is 16.6 Å². The second-order valence-electron chi connectivity index (χ2n) is 7.98. The summed E-state index contributed by atoms with van der Waals surface area (Å²) in [6, 6.07) is 10.2. The second kappa shape index (κ2) is 9.80. The fourth-order valence-corrected chi connectivity index (χ4v) is 4.55. The summed E-state index contributed by atoms with van der Waals surface area (Å²) in [6.07, 6.45) is -1.22. The first-order valence-corrected chi connectivity index (χ1v) is 11.8. The number of rotatable bonds is 9. The predicted octanol–water partition coefficient (Wildman–Crippen LogP) is 5.52. The van der Waals surface area contributed by atoms with E-state index in [0.29, 0.717) is 28.3 Å². The van der Waals surface area contributed by atoms with E-state index in [4.69, 9.17) is 16.0 Å². The molecular weight excluding hydrogens is 477 g/mol. The number of alkyl halides is 3. The number of thioether (sulfide) groups is 1. The lowest BCUT2D eigenvalue weighted by Gasteiger charge is -2.30. The molecule has 1 saturated carbocycles. The van der Waals surface area contributed by atoms with Gasteiger partial charge in [0.15, 0.2) is 11.0 Å². The smallest absolute Gasteiger partial charge is 0.406 e. The van der Waals surface area contributed by atoms with Crippen LogP contribution in [0.3, 0.4) is 0 Å². The summed E-state index contributed by atoms with van der Waals surface area (Å²) in [4.78, 5) is 13.8. The molecule has 0 saturated heterocycles. The molecule has 1 aliphatic rings. The Labute approximate surface area is 198 Å². The van der Waals surface area contributed by atoms with Crippen LogP contribution in [0.4, 0.5) is 13.2 Å². The third-order valence-electron chi connectivity index (χ3n) is 5.50. The van der Waals surface area contributed by atoms with E-state index in [1.54, 1.807) is 54.2 Å². The molecule has 2 aromatic heterocycles. The minimum Gasteiger partial charge on any atom is -0.467 e. The van der Waals surface area contributed by atoms with Gasteiger partial charge in [0.1, 0.15) is 12.3 Å². The molecule has 0 bridgehead atoms. The number of benzene rings is 1. The highest BCUT2D eigenvalue weighted by Gasteiger charge is 2.40. The zero-order valence-corrected chi connectivity index (χ0v) is 19.3. The first kappa shape index (κ1) is 23.7. The molecule has 0 radical (unpaired) electrons. The van der Waals surface area contributed by atoms with Crippen LogP contribution in [0.2, 0.25) is 5.02 Å². The van der Waals surface area contributed by atoms with E-state index >= 15 is 0 Å². The summed E-state index contributed by atoms with van der Waals surface area (Å²) >= 11 is 7.05. The second-order valence-corrected chi connectivity index (χ2v) is 9.36. The topological polar surface area (TPSA) is 64.2 Å². The Morgan fingerprint density at radius 2 is 2.00 bits per heavy atom. The Morgan fingerprint density at radius 1 is 1.27 bits per heavy atom. The number of aromatic nitrogens is 3. The van der Waals surface area contributed by atoms with Crippen molar-refractivity contribution in [1.29, 1.82) is 0 Å². The van der Waals surface area contributed by atoms with Crippen molar-refractivity contribution in [3.63, 3.8) is 0 Å². The number of carbonyl (C=O) groups excluding carboxylic acids is 1. The van der Waals surface area contributed by atoms with E-state index in [1.807, 2.05) is 0 Å². The molecule has 6 nitrogen and oxygen atoms in total. The number of hydrogen-bond donors (Lipinski definition) is 0. The van der Waals surface area contributed by atoms with Gasteiger partial charge in [0.05, 0.1) is 18.6 Å². The maximum Gasteiger partial charge on any atom is 0.406 e. The van der Waals surface area contributed by atoms with Crippen LogP contribution in [0.15, 0.2) is 52.2 Å². The van der Waals surface area contributed by atoms with Gasteiger partial charge in [-0.3, -0.25) is 9.36 Å². The van der Waals surface area contributed by atoms with E-state index in [2.05, 4.69) is 10.2 Å². The largest absolute Gasteiger partial charge is 0.467 e. The molecule has 2 heterocycles. The quantitative estimate of drug-likeness (QED) is 0.363. The molecule has 176 valence electrons. The lowest BCUT2D eigenvalue weighted by Crippen LogP contribution is -2.46. The minimum atomic E-state index is -4.45. The van der Waals surface area contributed by atoms with Gasteiger partial charge in [0.2, 0.25) is 5.91 Å². The summed E-state index contributed by atoms with van der Waals surface area (Å²) in [7, 11) is 0. The SMILES string of the molecule is CC(C1CC1)N(CC(F)(F)F)C(=O)CSc1nnc(-c2ccc(Cl)cc2)n1Cc1ccco1. The van der Waals surface area contributed by atoms with Crippen molar-refractivity contribution in [3.8, 4) is 11.4 Å². The van der Waals surface area contributed by atoms with E-state index < -0.39 is 24.7 Å². The molecule has 1 aromatic carbocycles. The third-order valence-corrected chi connectivity index (χ3v) is 6.71. The minimum absolute atomic E-state index is 0.125. The van der Waals surface area contributed by atoms with Crippen molar-refractivity contribution >= 4 is 29.3 Å². The van der Waals surface area contributed by atoms with Gasteiger partial charge in [-0.15, -0.1) is 10.2 Å². The summed E-state index contributed by atoms with van der Waals surface area (Å²) < 4.78 is 46.6. The highest BCUT2D eigenvalue weighted by atomic mass is 35.5. The molecule has 33 heavy (non-hydrogen) atoms. The molecule has 11 heteroatoms. The molecule has 1 fully saturated rings. The van der Waals surface area contributed by atoms with Crippen LogP contribution < -0.4 is 0 Å². The molecule has 1 atom stereocenters. The van der Waals surface area contributed by atoms with Crippen LogP contribution >= 0.6 is 23.4 Å². The Bertz CT molecular complexity index is 1080. The number of amides is 1. The molecule has 1 unspecified atom stereocenters. The van der Waals surface area contributed by atoms with E-state index in [9.17, 15) is 18.0 Å². The molecule has 4 rings (SSSR count). The van der Waals surface area contributed by atoms with Gasteiger partial charge in [-0.05, 0) is 62.1 Å². The van der Waals surface area contributed by atoms with E-state index in [-0.39, 0.29) is 11.7 Å². The van der Waals surface area contributed by atoms with Crippen molar-refractivity contribution in [2.45, 2.75) is 43.7 Å². The summed E-state index contributed by atoms with van der Waals surface area (Å²) in [6.45, 7) is 0.739. The summed E-state index contributed by atoms with van der Waals surface area (Å²) in [5.41, 5.74) is 0.762. The zero-order chi connectivity index (χ0) is 23.6. The molecule has 3 aromatic rings. The molecule has 1 amide bonds. The fraction of sp³-hybridized carbons (Fsp3) is 0.409. The van der Waals surface area contributed by atoms with Crippen LogP contribution in [0, 0.1) is 5.92 Å². The predicted molar refractivity (Wildman–Crippen MR) is 119 cm³/mol. The standard InChI is InChI=1S/C22H22ClF3N4O2S/c1-14(15-4-5-15)30(13-22(24,25)26)19(31)12-33-21-28-27-20(16-6-8-17(23)9-7-16)29(21)11-18-3-2-10-32-18/h2-3,6-10,14-15H,4-5,11-13H2,1H3. The van der Waals surface area contributed by atoms with Crippen LogP contribution in [-0.4, -0.2) is 50.1 Å². The van der Waals surface area contributed by atoms with Crippen molar-refractivity contribution in [2.75, 3.05) is 12.3 Å². The first-order chi connectivity index (χ1) is 15.7. The number of carbonyl (C=O) groups is 1. The van der Waals surface area contributed by atoms with Crippen LogP contribution in [0.1, 0.15) is 25.5 Å². The molecular formula is C22H22ClF3N4O2S. The Morgan fingerprint density at radius 3 is 2.61 bits per heavy atom. The molecule has 1 aliphatic carbocycles. The molecule has 0 aliphatic heterocycles. The summed E-state index contributed by atoms with van der Waals surface area (Å²) in [5, 5.41) is 9.44. The Hall–Kier alpha value is -2.46. The highest BCUT2D eigenvalue weighted by molar-refractivity contribution is 7.99. The van der Waals surface area contributed by atoms with Gasteiger partial charge in [-0.2, -0.15) is 13.2 Å². The Kier molecular flexibility index (Phi) is 7.04. The van der Waals surface area contributed by atoms with Gasteiger partial charge in [0.25, 0.3) is 0 Å². The molecule has 0 spiro atoms. The average molecular weight is 499 g/mol. The number of nitrogens with zero attached hydrogens (tertiary/aromatic N) is 4. The van der Waals surface area contributed by atoms with Gasteiger partial charge >= 0.3 is 6.18 Å². The van der Waals surface area contributed by atoms with Crippen molar-refractivity contribution in [2.24, 2.45) is 5.92 Å². The van der Waals surface area contributed by atoms with Crippen molar-refractivity contribution in [1.82, 2.24) is 19.7 Å². The van der Waals surface area contributed by atoms with Gasteiger partial charge < -0.3 is 9.32 Å². The van der Waals surface area contributed by atoms with E-state index in [0.717, 1.165) is 35.1 Å². The maximum absolute atomic E-state index is 13.1. The third kappa shape index (κ3) is 6.11. The fourth-order valence-electron chi connectivity index (χ4n) is 3.60. The average Bonchev–Trinajstić information content (AvgIpc) is 3.35. The zero-order valence-electron chi connectivity index (χ0n) is 17.8. The maximum atomic E-state index is 13.1. The van der Waals surface area contributed by atoms with Crippen LogP contribution in [-0.2, 0) is 11.3 Å².